The van der Waals surface area contributed by atoms with Crippen LogP contribution in [0.3, 0.4) is 0 Å². The highest BCUT2D eigenvalue weighted by molar-refractivity contribution is 6.36. The molecule has 1 atom stereocenters. The first-order valence-electron chi connectivity index (χ1n) is 9.19. The second-order valence-electron chi connectivity index (χ2n) is 7.23. The number of pyridine rings is 1. The van der Waals surface area contributed by atoms with Gasteiger partial charge in [-0.1, -0.05) is 11.6 Å². The third kappa shape index (κ3) is 4.00. The minimum atomic E-state index is -4.41. The number of hydrogen-bond acceptors (Lipinski definition) is 4. The maximum atomic E-state index is 13.6. The van der Waals surface area contributed by atoms with Crippen molar-refractivity contribution in [3.8, 4) is 0 Å². The van der Waals surface area contributed by atoms with Gasteiger partial charge in [0.25, 0.3) is 0 Å². The lowest BCUT2D eigenvalue weighted by molar-refractivity contribution is -0.128. The molecule has 1 fully saturated rings. The Morgan fingerprint density at radius 3 is 2.43 bits per heavy atom. The van der Waals surface area contributed by atoms with Crippen molar-refractivity contribution in [2.45, 2.75) is 25.6 Å². The fourth-order valence-electron chi connectivity index (χ4n) is 3.77. The zero-order valence-corrected chi connectivity index (χ0v) is 16.6. The Labute approximate surface area is 173 Å². The molecule has 1 aliphatic heterocycles. The Bertz CT molecular complexity index is 1060. The van der Waals surface area contributed by atoms with Gasteiger partial charge < -0.3 is 9.80 Å². The molecule has 0 radical (unpaired) electrons. The average molecular weight is 446 g/mol. The molecule has 5 nitrogen and oxygen atoms in total. The molecule has 1 aliphatic rings. The van der Waals surface area contributed by atoms with Crippen molar-refractivity contribution in [1.82, 2.24) is 14.6 Å². The van der Waals surface area contributed by atoms with E-state index in [1.54, 1.807) is 6.07 Å². The SMILES string of the molecule is C[C@@H]1CN(c2ccn3c(CC(F)(F)F)nnc3c2Cl)CCN1c1cc(F)cc(F)c1. The van der Waals surface area contributed by atoms with Crippen LogP contribution in [-0.2, 0) is 6.42 Å². The summed E-state index contributed by atoms with van der Waals surface area (Å²) in [5, 5.41) is 7.65. The number of aromatic nitrogens is 3. The van der Waals surface area contributed by atoms with Crippen molar-refractivity contribution in [3.05, 3.63) is 52.9 Å². The summed E-state index contributed by atoms with van der Waals surface area (Å²) in [6.07, 6.45) is -4.14. The van der Waals surface area contributed by atoms with Crippen LogP contribution in [0.15, 0.2) is 30.5 Å². The van der Waals surface area contributed by atoms with Crippen LogP contribution in [0, 0.1) is 11.6 Å². The van der Waals surface area contributed by atoms with Crippen molar-refractivity contribution in [2.75, 3.05) is 29.4 Å². The summed E-state index contributed by atoms with van der Waals surface area (Å²) < 4.78 is 66.5. The fourth-order valence-corrected chi connectivity index (χ4v) is 4.08. The van der Waals surface area contributed by atoms with E-state index < -0.39 is 24.2 Å². The molecule has 0 spiro atoms. The van der Waals surface area contributed by atoms with Crippen molar-refractivity contribution < 1.29 is 22.0 Å². The summed E-state index contributed by atoms with van der Waals surface area (Å²) in [5.41, 5.74) is 1.22. The zero-order valence-electron chi connectivity index (χ0n) is 15.8. The fraction of sp³-hybridized carbons (Fsp3) is 0.368. The van der Waals surface area contributed by atoms with E-state index in [0.29, 0.717) is 31.0 Å². The van der Waals surface area contributed by atoms with E-state index in [9.17, 15) is 22.0 Å². The van der Waals surface area contributed by atoms with E-state index in [2.05, 4.69) is 10.2 Å². The molecule has 160 valence electrons. The zero-order chi connectivity index (χ0) is 21.6. The van der Waals surface area contributed by atoms with Gasteiger partial charge in [0, 0.05) is 43.6 Å². The first kappa shape index (κ1) is 20.6. The lowest BCUT2D eigenvalue weighted by atomic mass is 10.1. The van der Waals surface area contributed by atoms with Crippen LogP contribution in [0.2, 0.25) is 5.02 Å². The molecule has 30 heavy (non-hydrogen) atoms. The molecule has 3 aromatic rings. The van der Waals surface area contributed by atoms with E-state index >= 15 is 0 Å². The molecule has 0 aliphatic carbocycles. The molecule has 0 bridgehead atoms. The Morgan fingerprint density at radius 1 is 1.10 bits per heavy atom. The molecule has 0 N–H and O–H groups in total. The predicted octanol–water partition coefficient (Wildman–Crippen LogP) is 4.48. The van der Waals surface area contributed by atoms with Gasteiger partial charge in [-0.3, -0.25) is 4.40 Å². The first-order chi connectivity index (χ1) is 14.1. The molecule has 0 saturated carbocycles. The molecule has 4 rings (SSSR count). The van der Waals surface area contributed by atoms with E-state index in [4.69, 9.17) is 11.6 Å². The summed E-state index contributed by atoms with van der Waals surface area (Å²) in [6.45, 7) is 3.40. The molecule has 1 aromatic carbocycles. The highest BCUT2D eigenvalue weighted by Gasteiger charge is 2.31. The quantitative estimate of drug-likeness (QED) is 0.557. The number of nitrogens with zero attached hydrogens (tertiary/aromatic N) is 5. The number of hydrogen-bond donors (Lipinski definition) is 0. The summed E-state index contributed by atoms with van der Waals surface area (Å²) in [4.78, 5) is 3.87. The number of benzene rings is 1. The van der Waals surface area contributed by atoms with Crippen LogP contribution in [0.5, 0.6) is 0 Å². The molecule has 1 saturated heterocycles. The number of alkyl halides is 3. The Morgan fingerprint density at radius 2 is 1.80 bits per heavy atom. The van der Waals surface area contributed by atoms with Gasteiger partial charge >= 0.3 is 6.18 Å². The van der Waals surface area contributed by atoms with Crippen molar-refractivity contribution in [2.24, 2.45) is 0 Å². The number of halogens is 6. The van der Waals surface area contributed by atoms with Crippen molar-refractivity contribution in [1.29, 1.82) is 0 Å². The normalized spacial score (nSPS) is 17.8. The van der Waals surface area contributed by atoms with Crippen LogP contribution in [-0.4, -0.2) is 46.5 Å². The van der Waals surface area contributed by atoms with E-state index in [1.165, 1.54) is 22.7 Å². The van der Waals surface area contributed by atoms with Crippen LogP contribution >= 0.6 is 11.6 Å². The summed E-state index contributed by atoms with van der Waals surface area (Å²) in [6, 6.07) is 4.93. The molecule has 0 unspecified atom stereocenters. The van der Waals surface area contributed by atoms with Gasteiger partial charge in [0.05, 0.1) is 5.69 Å². The third-order valence-corrected chi connectivity index (χ3v) is 5.44. The number of rotatable bonds is 3. The van der Waals surface area contributed by atoms with Crippen LogP contribution in [0.1, 0.15) is 12.7 Å². The molecular formula is C19H17ClF5N5. The molecule has 0 amide bonds. The second-order valence-corrected chi connectivity index (χ2v) is 7.61. The van der Waals surface area contributed by atoms with Crippen LogP contribution in [0.25, 0.3) is 5.65 Å². The van der Waals surface area contributed by atoms with Gasteiger partial charge in [-0.05, 0) is 25.1 Å². The molecule has 11 heteroatoms. The summed E-state index contributed by atoms with van der Waals surface area (Å²) in [7, 11) is 0. The Kier molecular flexibility index (Phi) is 5.21. The first-order valence-corrected chi connectivity index (χ1v) is 9.57. The highest BCUT2D eigenvalue weighted by Crippen LogP contribution is 2.33. The van der Waals surface area contributed by atoms with Gasteiger partial charge in [-0.15, -0.1) is 10.2 Å². The van der Waals surface area contributed by atoms with Gasteiger partial charge in [0.2, 0.25) is 0 Å². The molecule has 3 heterocycles. The standard InChI is InChI=1S/C19H17ClF5N5/c1-11-10-28(4-5-29(11)14-7-12(21)6-13(22)8-14)15-2-3-30-16(9-19(23,24)25)26-27-18(30)17(15)20/h2-3,6-8,11H,4-5,9-10H2,1H3/t11-/m1/s1. The van der Waals surface area contributed by atoms with E-state index in [0.717, 1.165) is 6.07 Å². The van der Waals surface area contributed by atoms with Gasteiger partial charge in [-0.25, -0.2) is 8.78 Å². The Balaban J connectivity index is 1.57. The van der Waals surface area contributed by atoms with E-state index in [1.807, 2.05) is 16.7 Å². The van der Waals surface area contributed by atoms with Gasteiger partial charge in [0.1, 0.15) is 28.9 Å². The number of piperazine rings is 1. The lowest BCUT2D eigenvalue weighted by Gasteiger charge is -2.42. The summed E-state index contributed by atoms with van der Waals surface area (Å²) >= 11 is 6.44. The van der Waals surface area contributed by atoms with Crippen molar-refractivity contribution >= 4 is 28.6 Å². The highest BCUT2D eigenvalue weighted by atomic mass is 35.5. The third-order valence-electron chi connectivity index (χ3n) is 5.07. The molecule has 2 aromatic heterocycles. The number of anilines is 2. The van der Waals surface area contributed by atoms with Crippen molar-refractivity contribution in [3.63, 3.8) is 0 Å². The maximum Gasteiger partial charge on any atom is 0.396 e. The van der Waals surface area contributed by atoms with E-state index in [-0.39, 0.29) is 22.5 Å². The minimum Gasteiger partial charge on any atom is -0.366 e. The van der Waals surface area contributed by atoms with Gasteiger partial charge in [0.15, 0.2) is 5.65 Å². The lowest BCUT2D eigenvalue weighted by Crippen LogP contribution is -2.52. The smallest absolute Gasteiger partial charge is 0.366 e. The number of fused-ring (bicyclic) bond motifs is 1. The van der Waals surface area contributed by atoms with Crippen LogP contribution < -0.4 is 9.80 Å². The topological polar surface area (TPSA) is 36.7 Å². The van der Waals surface area contributed by atoms with Crippen LogP contribution in [0.4, 0.5) is 33.3 Å². The maximum absolute atomic E-state index is 13.6. The summed E-state index contributed by atoms with van der Waals surface area (Å²) in [5.74, 6) is -1.53. The monoisotopic (exact) mass is 445 g/mol. The predicted molar refractivity (Wildman–Crippen MR) is 103 cm³/mol. The minimum absolute atomic E-state index is 0.0918. The second kappa shape index (κ2) is 7.57. The average Bonchev–Trinajstić information content (AvgIpc) is 3.03. The molecular weight excluding hydrogens is 429 g/mol. The largest absolute Gasteiger partial charge is 0.396 e. The van der Waals surface area contributed by atoms with Gasteiger partial charge in [-0.2, -0.15) is 13.2 Å². The Hall–Kier alpha value is -2.62.